The summed E-state index contributed by atoms with van der Waals surface area (Å²) in [6.07, 6.45) is 3.61. The molecule has 0 aliphatic heterocycles. The predicted molar refractivity (Wildman–Crippen MR) is 91.3 cm³/mol. The molecular formula is C14H22N6O3S. The van der Waals surface area contributed by atoms with E-state index in [4.69, 9.17) is 0 Å². The fourth-order valence-corrected chi connectivity index (χ4v) is 3.00. The van der Waals surface area contributed by atoms with Crippen molar-refractivity contribution in [2.24, 2.45) is 7.05 Å². The quantitative estimate of drug-likeness (QED) is 0.790. The molecule has 0 spiro atoms. The molecule has 0 fully saturated rings. The van der Waals surface area contributed by atoms with Crippen molar-refractivity contribution in [3.8, 4) is 0 Å². The summed E-state index contributed by atoms with van der Waals surface area (Å²) >= 11 is 0. The van der Waals surface area contributed by atoms with Crippen molar-refractivity contribution >= 4 is 27.6 Å². The Bertz CT molecular complexity index is 823. The highest BCUT2D eigenvalue weighted by Gasteiger charge is 2.24. The Morgan fingerprint density at radius 1 is 1.38 bits per heavy atom. The maximum absolute atomic E-state index is 12.2. The Balaban J connectivity index is 2.20. The van der Waals surface area contributed by atoms with Gasteiger partial charge in [-0.15, -0.1) is 0 Å². The molecule has 1 N–H and O–H groups in total. The zero-order valence-electron chi connectivity index (χ0n) is 14.2. The zero-order valence-corrected chi connectivity index (χ0v) is 15.0. The van der Waals surface area contributed by atoms with Crippen molar-refractivity contribution in [2.75, 3.05) is 22.4 Å². The molecule has 9 nitrogen and oxygen atoms in total. The lowest BCUT2D eigenvalue weighted by Crippen LogP contribution is -2.37. The Morgan fingerprint density at radius 2 is 2.08 bits per heavy atom. The molecule has 2 aromatic heterocycles. The number of hydrogen-bond acceptors (Lipinski definition) is 5. The van der Waals surface area contributed by atoms with Crippen LogP contribution in [0.1, 0.15) is 19.0 Å². The summed E-state index contributed by atoms with van der Waals surface area (Å²) in [6, 6.07) is 3.29. The van der Waals surface area contributed by atoms with Crippen LogP contribution in [0.25, 0.3) is 0 Å². The van der Waals surface area contributed by atoms with Gasteiger partial charge < -0.3 is 5.32 Å². The Kier molecular flexibility index (Phi) is 5.27. The zero-order chi connectivity index (χ0) is 17.9. The van der Waals surface area contributed by atoms with E-state index in [9.17, 15) is 13.2 Å². The van der Waals surface area contributed by atoms with E-state index in [2.05, 4.69) is 15.5 Å². The predicted octanol–water partition coefficient (Wildman–Crippen LogP) is 0.740. The lowest BCUT2D eigenvalue weighted by Gasteiger charge is -2.18. The van der Waals surface area contributed by atoms with Crippen LogP contribution in [0.4, 0.5) is 11.6 Å². The van der Waals surface area contributed by atoms with Gasteiger partial charge in [0.1, 0.15) is 6.54 Å². The summed E-state index contributed by atoms with van der Waals surface area (Å²) in [5.41, 5.74) is 0.839. The molecule has 0 saturated carbocycles. The summed E-state index contributed by atoms with van der Waals surface area (Å²) in [6.45, 7) is 4.18. The highest BCUT2D eigenvalue weighted by molar-refractivity contribution is 7.92. The molecule has 0 aliphatic rings. The normalized spacial score (nSPS) is 11.5. The molecule has 0 aromatic carbocycles. The fourth-order valence-electron chi connectivity index (χ4n) is 2.22. The molecule has 2 aromatic rings. The molecular weight excluding hydrogens is 332 g/mol. The Morgan fingerprint density at radius 3 is 2.62 bits per heavy atom. The lowest BCUT2D eigenvalue weighted by molar-refractivity contribution is -0.114. The van der Waals surface area contributed by atoms with Crippen LogP contribution in [0.3, 0.4) is 0 Å². The van der Waals surface area contributed by atoms with Crippen LogP contribution in [0.5, 0.6) is 0 Å². The second-order valence-electron chi connectivity index (χ2n) is 5.56. The summed E-state index contributed by atoms with van der Waals surface area (Å²) in [4.78, 5) is 12.2. The van der Waals surface area contributed by atoms with Gasteiger partial charge >= 0.3 is 0 Å². The SMILES string of the molecule is CCCn1nc(N(CC(=O)Nc2ccn(C)n2)S(C)(=O)=O)cc1C. The van der Waals surface area contributed by atoms with Crippen LogP contribution in [0.15, 0.2) is 18.3 Å². The van der Waals surface area contributed by atoms with Gasteiger partial charge in [0.15, 0.2) is 11.6 Å². The van der Waals surface area contributed by atoms with Crippen LogP contribution >= 0.6 is 0 Å². The van der Waals surface area contributed by atoms with Crippen molar-refractivity contribution in [1.82, 2.24) is 19.6 Å². The number of nitrogens with zero attached hydrogens (tertiary/aromatic N) is 5. The van der Waals surface area contributed by atoms with Gasteiger partial charge in [-0.05, 0) is 13.3 Å². The molecule has 10 heteroatoms. The molecule has 0 radical (unpaired) electrons. The average Bonchev–Trinajstić information content (AvgIpc) is 3.02. The second-order valence-corrected chi connectivity index (χ2v) is 7.47. The van der Waals surface area contributed by atoms with Crippen LogP contribution in [-0.2, 0) is 28.4 Å². The van der Waals surface area contributed by atoms with Crippen molar-refractivity contribution < 1.29 is 13.2 Å². The number of hydrogen-bond donors (Lipinski definition) is 1. The van der Waals surface area contributed by atoms with E-state index in [1.54, 1.807) is 34.7 Å². The standard InChI is InChI=1S/C14H22N6O3S/c1-5-7-19-11(2)9-13(17-19)20(24(4,22)23)10-14(21)15-12-6-8-18(3)16-12/h6,8-9H,5,7,10H2,1-4H3,(H,15,16,21). The van der Waals surface area contributed by atoms with E-state index < -0.39 is 15.9 Å². The van der Waals surface area contributed by atoms with Gasteiger partial charge in [-0.3, -0.25) is 14.2 Å². The topological polar surface area (TPSA) is 102 Å². The number of carbonyl (C=O) groups is 1. The first-order valence-electron chi connectivity index (χ1n) is 7.52. The Hall–Kier alpha value is -2.36. The van der Waals surface area contributed by atoms with Crippen molar-refractivity contribution in [3.63, 3.8) is 0 Å². The van der Waals surface area contributed by atoms with E-state index in [1.165, 1.54) is 0 Å². The van der Waals surface area contributed by atoms with Gasteiger partial charge in [-0.1, -0.05) is 6.92 Å². The van der Waals surface area contributed by atoms with E-state index in [-0.39, 0.29) is 12.4 Å². The van der Waals surface area contributed by atoms with Gasteiger partial charge in [0.05, 0.1) is 6.26 Å². The minimum atomic E-state index is -3.65. The molecule has 2 heterocycles. The van der Waals surface area contributed by atoms with Gasteiger partial charge in [-0.2, -0.15) is 10.2 Å². The number of amides is 1. The van der Waals surface area contributed by atoms with Crippen LogP contribution in [0, 0.1) is 6.92 Å². The lowest BCUT2D eigenvalue weighted by atomic mass is 10.4. The van der Waals surface area contributed by atoms with Crippen LogP contribution in [-0.4, -0.2) is 46.7 Å². The van der Waals surface area contributed by atoms with Crippen LogP contribution in [0.2, 0.25) is 0 Å². The third kappa shape index (κ3) is 4.34. The largest absolute Gasteiger partial charge is 0.308 e. The first-order chi connectivity index (χ1) is 11.2. The number of nitrogens with one attached hydrogen (secondary N) is 1. The number of aromatic nitrogens is 4. The third-order valence-electron chi connectivity index (χ3n) is 3.33. The summed E-state index contributed by atoms with van der Waals surface area (Å²) in [5, 5.41) is 10.9. The minimum Gasteiger partial charge on any atom is -0.308 e. The summed E-state index contributed by atoms with van der Waals surface area (Å²) in [7, 11) is -1.92. The third-order valence-corrected chi connectivity index (χ3v) is 4.44. The van der Waals surface area contributed by atoms with Gasteiger partial charge in [0.25, 0.3) is 0 Å². The van der Waals surface area contributed by atoms with Crippen molar-refractivity contribution in [1.29, 1.82) is 0 Å². The van der Waals surface area contributed by atoms with Crippen molar-refractivity contribution in [2.45, 2.75) is 26.8 Å². The van der Waals surface area contributed by atoms with E-state index in [0.29, 0.717) is 12.4 Å². The second kappa shape index (κ2) is 7.04. The molecule has 132 valence electrons. The monoisotopic (exact) mass is 354 g/mol. The smallest absolute Gasteiger partial charge is 0.246 e. The molecule has 0 aliphatic carbocycles. The highest BCUT2D eigenvalue weighted by Crippen LogP contribution is 2.18. The summed E-state index contributed by atoms with van der Waals surface area (Å²) < 4.78 is 28.4. The maximum Gasteiger partial charge on any atom is 0.246 e. The molecule has 0 atom stereocenters. The van der Waals surface area contributed by atoms with Crippen LogP contribution < -0.4 is 9.62 Å². The number of carbonyl (C=O) groups excluding carboxylic acids is 1. The fraction of sp³-hybridized carbons (Fsp3) is 0.500. The van der Waals surface area contributed by atoms with E-state index in [1.807, 2.05) is 13.8 Å². The molecule has 0 unspecified atom stereocenters. The van der Waals surface area contributed by atoms with Gasteiger partial charge in [0.2, 0.25) is 15.9 Å². The average molecular weight is 354 g/mol. The minimum absolute atomic E-state index is 0.236. The molecule has 0 bridgehead atoms. The molecule has 1 amide bonds. The first kappa shape index (κ1) is 18.0. The Labute approximate surface area is 141 Å². The highest BCUT2D eigenvalue weighted by atomic mass is 32.2. The number of aryl methyl sites for hydroxylation is 3. The first-order valence-corrected chi connectivity index (χ1v) is 9.37. The van der Waals surface area contributed by atoms with Gasteiger partial charge in [0, 0.05) is 37.6 Å². The van der Waals surface area contributed by atoms with Gasteiger partial charge in [-0.25, -0.2) is 12.7 Å². The van der Waals surface area contributed by atoms with E-state index >= 15 is 0 Å². The number of anilines is 2. The number of sulfonamides is 1. The number of rotatable bonds is 7. The molecule has 2 rings (SSSR count). The summed E-state index contributed by atoms with van der Waals surface area (Å²) in [5.74, 6) is 0.116. The van der Waals surface area contributed by atoms with Crippen molar-refractivity contribution in [3.05, 3.63) is 24.0 Å². The molecule has 0 saturated heterocycles. The molecule has 24 heavy (non-hydrogen) atoms. The van der Waals surface area contributed by atoms with E-state index in [0.717, 1.165) is 22.7 Å². The maximum atomic E-state index is 12.2.